The van der Waals surface area contributed by atoms with Crippen molar-refractivity contribution in [3.8, 4) is 0 Å². The second kappa shape index (κ2) is 35.0. The van der Waals surface area contributed by atoms with Crippen molar-refractivity contribution in [2.24, 2.45) is 0 Å². The highest BCUT2D eigenvalue weighted by Crippen LogP contribution is 2.25. The van der Waals surface area contributed by atoms with Crippen molar-refractivity contribution in [3.05, 3.63) is 84.0 Å². The normalized spacial score (nSPS) is 12.4. The van der Waals surface area contributed by atoms with Crippen LogP contribution in [0, 0.1) is 5.82 Å². The van der Waals surface area contributed by atoms with E-state index in [1.165, 1.54) is 24.3 Å². The van der Waals surface area contributed by atoms with Crippen molar-refractivity contribution in [3.63, 3.8) is 0 Å². The molecule has 2 unspecified atom stereocenters. The molecular formula is C30H52F3NO2. The lowest BCUT2D eigenvalue weighted by atomic mass is 9.91. The summed E-state index contributed by atoms with van der Waals surface area (Å²) in [6.07, 6.45) is 11.6. The number of alkyl halides is 1. The van der Waals surface area contributed by atoms with Crippen LogP contribution in [0.3, 0.4) is 0 Å². The molecule has 1 rings (SSSR count). The first-order valence-electron chi connectivity index (χ1n) is 12.7. The molecule has 0 fully saturated rings. The molecule has 36 heavy (non-hydrogen) atoms. The molecule has 2 atom stereocenters. The summed E-state index contributed by atoms with van der Waals surface area (Å²) in [7, 11) is 1.90. The molecule has 6 heteroatoms. The van der Waals surface area contributed by atoms with Gasteiger partial charge in [0.2, 0.25) is 0 Å². The van der Waals surface area contributed by atoms with Gasteiger partial charge in [-0.05, 0) is 71.0 Å². The van der Waals surface area contributed by atoms with Crippen molar-refractivity contribution in [1.82, 2.24) is 5.32 Å². The van der Waals surface area contributed by atoms with Crippen molar-refractivity contribution >= 4 is 0 Å². The number of aliphatic hydroxyl groups is 1. The number of halogens is 3. The third-order valence-electron chi connectivity index (χ3n) is 4.23. The largest absolute Gasteiger partial charge is 0.392 e. The maximum Gasteiger partial charge on any atom is 0.123 e. The van der Waals surface area contributed by atoms with Crippen LogP contribution in [0.2, 0.25) is 0 Å². The van der Waals surface area contributed by atoms with Crippen molar-refractivity contribution in [1.29, 1.82) is 0 Å². The molecule has 0 radical (unpaired) electrons. The average Bonchev–Trinajstić information content (AvgIpc) is 2.93. The van der Waals surface area contributed by atoms with E-state index in [1.54, 1.807) is 25.1 Å². The van der Waals surface area contributed by atoms with Crippen LogP contribution in [-0.4, -0.2) is 44.7 Å². The summed E-state index contributed by atoms with van der Waals surface area (Å²) in [5.41, 5.74) is 2.05. The summed E-state index contributed by atoms with van der Waals surface area (Å²) in [4.78, 5) is 0. The van der Waals surface area contributed by atoms with E-state index in [1.807, 2.05) is 73.7 Å². The van der Waals surface area contributed by atoms with Crippen LogP contribution in [0.4, 0.5) is 13.2 Å². The number of hydrogen-bond acceptors (Lipinski definition) is 3. The van der Waals surface area contributed by atoms with E-state index < -0.39 is 6.67 Å². The summed E-state index contributed by atoms with van der Waals surface area (Å²) in [6, 6.07) is 6.54. The Bertz CT molecular complexity index is 653. The Morgan fingerprint density at radius 3 is 2.03 bits per heavy atom. The second-order valence-corrected chi connectivity index (χ2v) is 6.87. The van der Waals surface area contributed by atoms with Gasteiger partial charge in [-0.3, -0.25) is 0 Å². The van der Waals surface area contributed by atoms with E-state index in [4.69, 9.17) is 9.84 Å². The minimum atomic E-state index is -0.473. The van der Waals surface area contributed by atoms with Gasteiger partial charge in [0.1, 0.15) is 12.5 Å². The van der Waals surface area contributed by atoms with Crippen molar-refractivity contribution < 1.29 is 23.0 Å². The minimum absolute atomic E-state index is 0.0157. The molecule has 3 nitrogen and oxygen atoms in total. The molecule has 0 aromatic heterocycles. The Hall–Kier alpha value is -2.15. The number of hydrogen-bond donors (Lipinski definition) is 2. The SMILES string of the molecule is C/C=C/F.C/C=C\C=C(/C)CO.CC.CC.CNCCC(c1ccc(F)cc1)C(C)OC/C=C/CF. The first-order valence-corrected chi connectivity index (χ1v) is 12.7. The van der Waals surface area contributed by atoms with Gasteiger partial charge in [0.15, 0.2) is 0 Å². The molecule has 0 aliphatic heterocycles. The summed E-state index contributed by atoms with van der Waals surface area (Å²) in [5, 5.41) is 11.6. The van der Waals surface area contributed by atoms with Crippen LogP contribution in [0.25, 0.3) is 0 Å². The van der Waals surface area contributed by atoms with Gasteiger partial charge >= 0.3 is 0 Å². The Kier molecular flexibility index (Phi) is 39.9. The fourth-order valence-electron chi connectivity index (χ4n) is 2.45. The molecule has 210 valence electrons. The van der Waals surface area contributed by atoms with Crippen molar-refractivity contribution in [2.45, 2.75) is 73.8 Å². The summed E-state index contributed by atoms with van der Waals surface area (Å²) in [5.74, 6) is -0.0533. The summed E-state index contributed by atoms with van der Waals surface area (Å²) in [6.45, 7) is 16.4. The highest BCUT2D eigenvalue weighted by molar-refractivity contribution is 5.21. The Morgan fingerprint density at radius 1 is 1.06 bits per heavy atom. The highest BCUT2D eigenvalue weighted by atomic mass is 19.1. The molecule has 0 aliphatic rings. The molecule has 0 amide bonds. The van der Waals surface area contributed by atoms with E-state index in [0.717, 1.165) is 24.1 Å². The van der Waals surface area contributed by atoms with E-state index in [2.05, 4.69) is 5.32 Å². The number of ether oxygens (including phenoxy) is 1. The predicted octanol–water partition coefficient (Wildman–Crippen LogP) is 8.49. The summed E-state index contributed by atoms with van der Waals surface area (Å²) < 4.78 is 41.2. The zero-order chi connectivity index (χ0) is 28.6. The first-order chi connectivity index (χ1) is 17.4. The van der Waals surface area contributed by atoms with E-state index in [9.17, 15) is 13.2 Å². The number of allylic oxidation sites excluding steroid dienone is 5. The van der Waals surface area contributed by atoms with Crippen LogP contribution in [0.1, 0.15) is 73.3 Å². The van der Waals surface area contributed by atoms with Crippen LogP contribution >= 0.6 is 0 Å². The lowest BCUT2D eigenvalue weighted by Gasteiger charge is -2.24. The molecule has 0 saturated heterocycles. The van der Waals surface area contributed by atoms with Crippen LogP contribution < -0.4 is 5.32 Å². The maximum atomic E-state index is 13.0. The van der Waals surface area contributed by atoms with E-state index in [0.29, 0.717) is 12.9 Å². The third-order valence-corrected chi connectivity index (χ3v) is 4.23. The molecule has 0 heterocycles. The monoisotopic (exact) mass is 515 g/mol. The van der Waals surface area contributed by atoms with Gasteiger partial charge in [0, 0.05) is 5.92 Å². The molecule has 2 N–H and O–H groups in total. The molecule has 0 saturated carbocycles. The lowest BCUT2D eigenvalue weighted by Crippen LogP contribution is -2.23. The summed E-state index contributed by atoms with van der Waals surface area (Å²) >= 11 is 0. The topological polar surface area (TPSA) is 41.5 Å². The zero-order valence-electron chi connectivity index (χ0n) is 24.0. The van der Waals surface area contributed by atoms with Gasteiger partial charge in [0.25, 0.3) is 0 Å². The number of rotatable bonds is 11. The molecular weight excluding hydrogens is 463 g/mol. The Balaban J connectivity index is -0.000000264. The standard InChI is InChI=1S/C16H23F2NO.C7H12O.C3H5F.2C2H6/c1-13(20-12-4-3-10-17)16(9-11-19-2)14-5-7-15(18)8-6-14;1-3-4-5-7(2)6-8;1-2-3-4;2*1-2/h3-8,13,16,19H,9-12H2,1-2H3;3-5,8H,6H2,1-2H3;2-3H,1H3;2*1-2H3/b4-3+;4-3-,7-5+;3-2+;;. The Morgan fingerprint density at radius 2 is 1.61 bits per heavy atom. The van der Waals surface area contributed by atoms with Gasteiger partial charge in [-0.25, -0.2) is 13.2 Å². The number of nitrogens with one attached hydrogen (secondary N) is 1. The molecule has 1 aromatic rings. The van der Waals surface area contributed by atoms with Crippen LogP contribution in [-0.2, 0) is 4.74 Å². The third kappa shape index (κ3) is 28.1. The number of benzene rings is 1. The smallest absolute Gasteiger partial charge is 0.123 e. The van der Waals surface area contributed by atoms with Gasteiger partial charge in [-0.2, -0.15) is 0 Å². The minimum Gasteiger partial charge on any atom is -0.392 e. The number of aliphatic hydroxyl groups excluding tert-OH is 1. The molecule has 1 aromatic carbocycles. The Labute approximate surface area is 219 Å². The van der Waals surface area contributed by atoms with Gasteiger partial charge < -0.3 is 15.2 Å². The predicted molar refractivity (Wildman–Crippen MR) is 152 cm³/mol. The van der Waals surface area contributed by atoms with Gasteiger partial charge in [0.05, 0.1) is 25.6 Å². The average molecular weight is 516 g/mol. The fourth-order valence-corrected chi connectivity index (χ4v) is 2.45. The van der Waals surface area contributed by atoms with Gasteiger partial charge in [-0.1, -0.05) is 76.3 Å². The molecule has 0 aliphatic carbocycles. The molecule has 0 spiro atoms. The fraction of sp³-hybridized carbons (Fsp3) is 0.533. The van der Waals surface area contributed by atoms with Gasteiger partial charge in [-0.15, -0.1) is 0 Å². The quantitative estimate of drug-likeness (QED) is 0.229. The highest BCUT2D eigenvalue weighted by Gasteiger charge is 2.19. The lowest BCUT2D eigenvalue weighted by molar-refractivity contribution is 0.0645. The molecule has 0 bridgehead atoms. The van der Waals surface area contributed by atoms with Crippen LogP contribution in [0.5, 0.6) is 0 Å². The first kappa shape index (κ1) is 41.0. The zero-order valence-corrected chi connectivity index (χ0v) is 24.0. The van der Waals surface area contributed by atoms with Crippen LogP contribution in [0.15, 0.2) is 72.6 Å². The second-order valence-electron chi connectivity index (χ2n) is 6.87. The maximum absolute atomic E-state index is 13.0. The van der Waals surface area contributed by atoms with Crippen molar-refractivity contribution in [2.75, 3.05) is 33.5 Å². The van der Waals surface area contributed by atoms with E-state index in [-0.39, 0.29) is 24.4 Å². The van der Waals surface area contributed by atoms with E-state index >= 15 is 0 Å².